The monoisotopic (exact) mass is 250 g/mol. The maximum atomic E-state index is 11.7. The van der Waals surface area contributed by atoms with Crippen molar-refractivity contribution in [3.05, 3.63) is 10.6 Å². The molecule has 84 valence electrons. The lowest BCUT2D eigenvalue weighted by Crippen LogP contribution is -2.34. The standard InChI is InChI=1S/C9H12Cl2N2O2/c1-5(2)7-8(14)13(9(15)12-7)4-3-6(10)11/h3,5,7H,4H2,1-2H3,(H,12,15). The lowest BCUT2D eigenvalue weighted by molar-refractivity contribution is -0.127. The Morgan fingerprint density at radius 1 is 1.53 bits per heavy atom. The van der Waals surface area contributed by atoms with E-state index in [0.29, 0.717) is 0 Å². The summed E-state index contributed by atoms with van der Waals surface area (Å²) in [6.45, 7) is 3.85. The van der Waals surface area contributed by atoms with Crippen LogP contribution in [0.15, 0.2) is 10.6 Å². The van der Waals surface area contributed by atoms with Gasteiger partial charge in [0.25, 0.3) is 5.91 Å². The van der Waals surface area contributed by atoms with Crippen molar-refractivity contribution in [3.8, 4) is 0 Å². The molecule has 0 aromatic carbocycles. The molecule has 0 aromatic rings. The number of imide groups is 1. The van der Waals surface area contributed by atoms with Crippen molar-refractivity contribution in [1.82, 2.24) is 10.2 Å². The Hall–Kier alpha value is -0.740. The molecule has 0 spiro atoms. The van der Waals surface area contributed by atoms with E-state index in [9.17, 15) is 9.59 Å². The van der Waals surface area contributed by atoms with Crippen molar-refractivity contribution in [3.63, 3.8) is 0 Å². The van der Waals surface area contributed by atoms with Crippen molar-refractivity contribution in [2.75, 3.05) is 6.54 Å². The van der Waals surface area contributed by atoms with E-state index in [2.05, 4.69) is 5.32 Å². The van der Waals surface area contributed by atoms with Crippen molar-refractivity contribution in [1.29, 1.82) is 0 Å². The number of amides is 3. The summed E-state index contributed by atoms with van der Waals surface area (Å²) >= 11 is 10.8. The third-order valence-electron chi connectivity index (χ3n) is 2.15. The Morgan fingerprint density at radius 3 is 2.53 bits per heavy atom. The number of carbonyl (C=O) groups excluding carboxylic acids is 2. The molecule has 1 saturated heterocycles. The van der Waals surface area contributed by atoms with E-state index < -0.39 is 12.1 Å². The summed E-state index contributed by atoms with van der Waals surface area (Å²) in [6, 6.07) is -0.843. The lowest BCUT2D eigenvalue weighted by Gasteiger charge is -2.12. The van der Waals surface area contributed by atoms with Gasteiger partial charge in [0.15, 0.2) is 0 Å². The van der Waals surface area contributed by atoms with Crippen LogP contribution in [0.25, 0.3) is 0 Å². The van der Waals surface area contributed by atoms with E-state index in [0.717, 1.165) is 4.90 Å². The zero-order chi connectivity index (χ0) is 11.6. The van der Waals surface area contributed by atoms with Crippen molar-refractivity contribution in [2.24, 2.45) is 5.92 Å². The van der Waals surface area contributed by atoms with Crippen molar-refractivity contribution < 1.29 is 9.59 Å². The highest BCUT2D eigenvalue weighted by Gasteiger charge is 2.38. The van der Waals surface area contributed by atoms with Crippen LogP contribution in [0.1, 0.15) is 13.8 Å². The minimum absolute atomic E-state index is 0.0450. The average Bonchev–Trinajstić information content (AvgIpc) is 2.39. The topological polar surface area (TPSA) is 49.4 Å². The molecule has 3 amide bonds. The molecule has 1 atom stereocenters. The summed E-state index contributed by atoms with van der Waals surface area (Å²) in [4.78, 5) is 24.2. The van der Waals surface area contributed by atoms with Crippen LogP contribution < -0.4 is 5.32 Å². The number of hydrogen-bond donors (Lipinski definition) is 1. The maximum absolute atomic E-state index is 11.7. The van der Waals surface area contributed by atoms with Gasteiger partial charge in [-0.3, -0.25) is 9.69 Å². The fourth-order valence-electron chi connectivity index (χ4n) is 1.33. The normalized spacial score (nSPS) is 20.9. The van der Waals surface area contributed by atoms with E-state index in [-0.39, 0.29) is 22.9 Å². The Labute approximate surface area is 98.2 Å². The van der Waals surface area contributed by atoms with E-state index in [4.69, 9.17) is 23.2 Å². The molecule has 1 rings (SSSR count). The van der Waals surface area contributed by atoms with E-state index in [1.807, 2.05) is 13.8 Å². The molecule has 1 N–H and O–H groups in total. The molecule has 0 radical (unpaired) electrons. The minimum Gasteiger partial charge on any atom is -0.326 e. The van der Waals surface area contributed by atoms with Crippen LogP contribution in [-0.4, -0.2) is 29.4 Å². The molecule has 0 saturated carbocycles. The largest absolute Gasteiger partial charge is 0.326 e. The summed E-state index contributed by atoms with van der Waals surface area (Å²) in [6.07, 6.45) is 1.41. The average molecular weight is 251 g/mol. The fraction of sp³-hybridized carbons (Fsp3) is 0.556. The highest BCUT2D eigenvalue weighted by atomic mass is 35.5. The number of nitrogens with zero attached hydrogens (tertiary/aromatic N) is 1. The van der Waals surface area contributed by atoms with Crippen molar-refractivity contribution in [2.45, 2.75) is 19.9 Å². The van der Waals surface area contributed by atoms with E-state index in [1.54, 1.807) is 0 Å². The van der Waals surface area contributed by atoms with Crippen LogP contribution >= 0.6 is 23.2 Å². The second kappa shape index (κ2) is 4.86. The molecule has 1 heterocycles. The number of nitrogens with one attached hydrogen (secondary N) is 1. The highest BCUT2D eigenvalue weighted by molar-refractivity contribution is 6.55. The summed E-state index contributed by atoms with van der Waals surface area (Å²) in [5, 5.41) is 2.60. The molecular weight excluding hydrogens is 239 g/mol. The summed E-state index contributed by atoms with van der Waals surface area (Å²) in [5.41, 5.74) is 0. The molecule has 1 unspecified atom stereocenters. The Bertz CT molecular complexity index is 311. The second-order valence-electron chi connectivity index (χ2n) is 3.61. The van der Waals surface area contributed by atoms with Gasteiger partial charge >= 0.3 is 6.03 Å². The first-order chi connectivity index (χ1) is 6.93. The van der Waals surface area contributed by atoms with Gasteiger partial charge in [0.05, 0.1) is 6.54 Å². The smallest absolute Gasteiger partial charge is 0.325 e. The van der Waals surface area contributed by atoms with Gasteiger partial charge in [-0.2, -0.15) is 0 Å². The number of urea groups is 1. The van der Waals surface area contributed by atoms with Gasteiger partial charge in [-0.1, -0.05) is 37.0 Å². The van der Waals surface area contributed by atoms with Crippen molar-refractivity contribution >= 4 is 35.1 Å². The quantitative estimate of drug-likeness (QED) is 0.778. The van der Waals surface area contributed by atoms with Crippen LogP contribution in [0.2, 0.25) is 0 Å². The SMILES string of the molecule is CC(C)C1NC(=O)N(CC=C(Cl)Cl)C1=O. The Morgan fingerprint density at radius 2 is 2.13 bits per heavy atom. The molecule has 1 aliphatic rings. The summed E-state index contributed by atoms with van der Waals surface area (Å²) in [5.74, 6) is -0.164. The van der Waals surface area contributed by atoms with Gasteiger partial charge in [0.2, 0.25) is 0 Å². The van der Waals surface area contributed by atoms with Gasteiger partial charge in [-0.15, -0.1) is 0 Å². The molecule has 15 heavy (non-hydrogen) atoms. The second-order valence-corrected chi connectivity index (χ2v) is 4.62. The van der Waals surface area contributed by atoms with Gasteiger partial charge in [-0.05, 0) is 12.0 Å². The Kier molecular flexibility index (Phi) is 3.99. The number of hydrogen-bond acceptors (Lipinski definition) is 2. The van der Waals surface area contributed by atoms with E-state index >= 15 is 0 Å². The zero-order valence-corrected chi connectivity index (χ0v) is 9.97. The highest BCUT2D eigenvalue weighted by Crippen LogP contribution is 2.14. The minimum atomic E-state index is -0.444. The molecular formula is C9H12Cl2N2O2. The van der Waals surface area contributed by atoms with Crippen LogP contribution in [0.3, 0.4) is 0 Å². The lowest BCUT2D eigenvalue weighted by atomic mass is 10.1. The number of carbonyl (C=O) groups is 2. The zero-order valence-electron chi connectivity index (χ0n) is 8.46. The van der Waals surface area contributed by atoms with Crippen LogP contribution in [0.4, 0.5) is 4.79 Å². The first-order valence-corrected chi connectivity index (χ1v) is 5.32. The third-order valence-corrected chi connectivity index (χ3v) is 2.46. The van der Waals surface area contributed by atoms with E-state index in [1.165, 1.54) is 6.08 Å². The van der Waals surface area contributed by atoms with Crippen LogP contribution in [0, 0.1) is 5.92 Å². The summed E-state index contributed by atoms with van der Waals surface area (Å²) < 4.78 is 0.0450. The molecule has 1 fully saturated rings. The van der Waals surface area contributed by atoms with Gasteiger partial charge in [0, 0.05) is 0 Å². The molecule has 4 nitrogen and oxygen atoms in total. The van der Waals surface area contributed by atoms with Crippen LogP contribution in [-0.2, 0) is 4.79 Å². The number of halogens is 2. The third kappa shape index (κ3) is 2.86. The Balaban J connectivity index is 2.71. The molecule has 0 aliphatic carbocycles. The fourth-order valence-corrected chi connectivity index (χ4v) is 1.46. The number of rotatable bonds is 3. The van der Waals surface area contributed by atoms with Gasteiger partial charge in [0.1, 0.15) is 10.5 Å². The van der Waals surface area contributed by atoms with Gasteiger partial charge < -0.3 is 5.32 Å². The van der Waals surface area contributed by atoms with Crippen LogP contribution in [0.5, 0.6) is 0 Å². The predicted molar refractivity (Wildman–Crippen MR) is 58.7 cm³/mol. The first kappa shape index (κ1) is 12.3. The first-order valence-electron chi connectivity index (χ1n) is 4.56. The maximum Gasteiger partial charge on any atom is 0.325 e. The molecule has 0 aromatic heterocycles. The molecule has 6 heteroatoms. The molecule has 1 aliphatic heterocycles. The van der Waals surface area contributed by atoms with Gasteiger partial charge in [-0.25, -0.2) is 4.79 Å². The predicted octanol–water partition coefficient (Wildman–Crippen LogP) is 1.88. The molecule has 0 bridgehead atoms. The summed E-state index contributed by atoms with van der Waals surface area (Å²) in [7, 11) is 0.